The maximum atomic E-state index is 8.00. The minimum atomic E-state index is 0.598. The molecule has 1 aliphatic rings. The van der Waals surface area contributed by atoms with Gasteiger partial charge in [-0.05, 0) is 6.92 Å². The summed E-state index contributed by atoms with van der Waals surface area (Å²) in [7, 11) is 1.69. The summed E-state index contributed by atoms with van der Waals surface area (Å²) in [6.45, 7) is 6.88. The molecule has 5 nitrogen and oxygen atoms in total. The van der Waals surface area contributed by atoms with Gasteiger partial charge in [0.1, 0.15) is 5.00 Å². The minimum absolute atomic E-state index is 0.598. The topological polar surface area (TPSA) is 50.5 Å². The number of thiazole rings is 1. The van der Waals surface area contributed by atoms with Crippen LogP contribution in [0.25, 0.3) is 0 Å². The van der Waals surface area contributed by atoms with Crippen molar-refractivity contribution in [3.8, 4) is 0 Å². The molecule has 1 N–H and O–H groups in total. The molecule has 0 radical (unpaired) electrons. The quantitative estimate of drug-likeness (QED) is 0.869. The van der Waals surface area contributed by atoms with Gasteiger partial charge in [-0.2, -0.15) is 0 Å². The van der Waals surface area contributed by atoms with Gasteiger partial charge in [0.25, 0.3) is 0 Å². The molecule has 0 aliphatic carbocycles. The lowest BCUT2D eigenvalue weighted by molar-refractivity contribution is 0.123. The normalized spacial score (nSPS) is 16.5. The Kier molecular flexibility index (Phi) is 4.20. The number of aromatic nitrogens is 1. The molecule has 17 heavy (non-hydrogen) atoms. The number of anilines is 1. The van der Waals surface area contributed by atoms with Gasteiger partial charge in [0.15, 0.2) is 4.80 Å². The van der Waals surface area contributed by atoms with Crippen molar-refractivity contribution in [1.82, 2.24) is 4.57 Å². The average molecular weight is 257 g/mol. The molecule has 0 spiro atoms. The Morgan fingerprint density at radius 2 is 2.12 bits per heavy atom. The Bertz CT molecular complexity index is 421. The Morgan fingerprint density at radius 1 is 1.41 bits per heavy atom. The van der Waals surface area contributed by atoms with Crippen LogP contribution < -0.4 is 9.70 Å². The highest BCUT2D eigenvalue weighted by molar-refractivity contribution is 7.13. The Morgan fingerprint density at radius 3 is 2.76 bits per heavy atom. The first-order valence-electron chi connectivity index (χ1n) is 5.80. The summed E-state index contributed by atoms with van der Waals surface area (Å²) in [5, 5.41) is 9.20. The monoisotopic (exact) mass is 257 g/mol. The molecular weight excluding hydrogens is 238 g/mol. The van der Waals surface area contributed by atoms with E-state index >= 15 is 0 Å². The smallest absolute Gasteiger partial charge is 0.184 e. The molecule has 2 heterocycles. The standard InChI is InChI=1S/C11H19N3O2S/c1-9-10(13-3-7-16-8-4-13)17-11(12)14(9)5-6-15-2/h12H,3-8H2,1-2H3. The Hall–Kier alpha value is -0.850. The Labute approximate surface area is 105 Å². The third-order valence-electron chi connectivity index (χ3n) is 2.97. The van der Waals surface area contributed by atoms with E-state index in [-0.39, 0.29) is 0 Å². The minimum Gasteiger partial charge on any atom is -0.383 e. The van der Waals surface area contributed by atoms with Crippen molar-refractivity contribution in [2.45, 2.75) is 13.5 Å². The zero-order chi connectivity index (χ0) is 12.3. The van der Waals surface area contributed by atoms with E-state index in [9.17, 15) is 0 Å². The van der Waals surface area contributed by atoms with Gasteiger partial charge >= 0.3 is 0 Å². The fourth-order valence-corrected chi connectivity index (χ4v) is 3.09. The highest BCUT2D eigenvalue weighted by atomic mass is 32.1. The third-order valence-corrected chi connectivity index (χ3v) is 4.13. The first-order chi connectivity index (χ1) is 8.24. The molecule has 1 saturated heterocycles. The zero-order valence-electron chi connectivity index (χ0n) is 10.4. The van der Waals surface area contributed by atoms with Crippen LogP contribution in [0.3, 0.4) is 0 Å². The molecule has 0 saturated carbocycles. The number of hydrogen-bond donors (Lipinski definition) is 1. The van der Waals surface area contributed by atoms with Crippen molar-refractivity contribution in [2.75, 3.05) is 44.9 Å². The van der Waals surface area contributed by atoms with E-state index in [1.165, 1.54) is 10.7 Å². The highest BCUT2D eigenvalue weighted by Crippen LogP contribution is 2.24. The second kappa shape index (κ2) is 5.66. The van der Waals surface area contributed by atoms with Gasteiger partial charge in [0, 0.05) is 26.7 Å². The van der Waals surface area contributed by atoms with Gasteiger partial charge in [-0.15, -0.1) is 0 Å². The van der Waals surface area contributed by atoms with Crippen LogP contribution >= 0.6 is 11.3 Å². The number of nitrogens with zero attached hydrogens (tertiary/aromatic N) is 2. The van der Waals surface area contributed by atoms with Crippen molar-refractivity contribution >= 4 is 16.3 Å². The summed E-state index contributed by atoms with van der Waals surface area (Å²) in [5.74, 6) is 0. The Balaban J connectivity index is 2.20. The molecule has 1 aliphatic heterocycles. The lowest BCUT2D eigenvalue weighted by atomic mass is 10.4. The second-order valence-electron chi connectivity index (χ2n) is 4.04. The van der Waals surface area contributed by atoms with Gasteiger partial charge in [0.05, 0.1) is 25.5 Å². The molecule has 0 aromatic carbocycles. The van der Waals surface area contributed by atoms with Gasteiger partial charge < -0.3 is 18.9 Å². The van der Waals surface area contributed by atoms with Crippen molar-refractivity contribution in [2.24, 2.45) is 0 Å². The predicted octanol–water partition coefficient (Wildman–Crippen LogP) is 0.820. The maximum Gasteiger partial charge on any atom is 0.184 e. The summed E-state index contributed by atoms with van der Waals surface area (Å²) in [6.07, 6.45) is 0. The largest absolute Gasteiger partial charge is 0.383 e. The molecule has 2 rings (SSSR count). The SMILES string of the molecule is COCCn1c(C)c(N2CCOCC2)sc1=N. The van der Waals surface area contributed by atoms with E-state index < -0.39 is 0 Å². The van der Waals surface area contributed by atoms with E-state index in [0.29, 0.717) is 11.4 Å². The molecule has 0 atom stereocenters. The maximum absolute atomic E-state index is 8.00. The number of nitrogens with one attached hydrogen (secondary N) is 1. The first kappa shape index (κ1) is 12.6. The van der Waals surface area contributed by atoms with Gasteiger partial charge in [-0.3, -0.25) is 5.41 Å². The molecule has 1 aromatic heterocycles. The van der Waals surface area contributed by atoms with E-state index in [4.69, 9.17) is 14.9 Å². The van der Waals surface area contributed by atoms with Crippen molar-refractivity contribution in [1.29, 1.82) is 5.41 Å². The molecule has 0 unspecified atom stereocenters. The van der Waals surface area contributed by atoms with Crippen LogP contribution in [-0.2, 0) is 16.0 Å². The van der Waals surface area contributed by atoms with Crippen LogP contribution in [0.1, 0.15) is 5.69 Å². The molecule has 96 valence electrons. The number of rotatable bonds is 4. The lowest BCUT2D eigenvalue weighted by Gasteiger charge is -2.27. The van der Waals surface area contributed by atoms with E-state index in [1.54, 1.807) is 18.4 Å². The van der Waals surface area contributed by atoms with Crippen molar-refractivity contribution in [3.05, 3.63) is 10.5 Å². The van der Waals surface area contributed by atoms with E-state index in [0.717, 1.165) is 32.8 Å². The summed E-state index contributed by atoms with van der Waals surface area (Å²) < 4.78 is 12.4. The van der Waals surface area contributed by atoms with Crippen LogP contribution in [0.2, 0.25) is 0 Å². The van der Waals surface area contributed by atoms with Crippen LogP contribution in [-0.4, -0.2) is 44.6 Å². The van der Waals surface area contributed by atoms with Crippen LogP contribution in [0.5, 0.6) is 0 Å². The molecule has 1 fully saturated rings. The molecule has 0 bridgehead atoms. The van der Waals surface area contributed by atoms with Crippen LogP contribution in [0.15, 0.2) is 0 Å². The molecule has 1 aromatic rings. The van der Waals surface area contributed by atoms with Gasteiger partial charge in [-0.1, -0.05) is 11.3 Å². The fraction of sp³-hybridized carbons (Fsp3) is 0.727. The van der Waals surface area contributed by atoms with Crippen LogP contribution in [0, 0.1) is 12.3 Å². The van der Waals surface area contributed by atoms with Gasteiger partial charge in [0.2, 0.25) is 0 Å². The van der Waals surface area contributed by atoms with E-state index in [2.05, 4.69) is 11.8 Å². The van der Waals surface area contributed by atoms with Gasteiger partial charge in [-0.25, -0.2) is 0 Å². The van der Waals surface area contributed by atoms with Crippen LogP contribution in [0.4, 0.5) is 5.00 Å². The predicted molar refractivity (Wildman–Crippen MR) is 67.8 cm³/mol. The molecular formula is C11H19N3O2S. The number of ether oxygens (including phenoxy) is 2. The summed E-state index contributed by atoms with van der Waals surface area (Å²) in [6, 6.07) is 0. The fourth-order valence-electron chi connectivity index (χ4n) is 2.00. The summed E-state index contributed by atoms with van der Waals surface area (Å²) in [5.41, 5.74) is 1.17. The third kappa shape index (κ3) is 2.70. The summed E-state index contributed by atoms with van der Waals surface area (Å²) >= 11 is 1.54. The highest BCUT2D eigenvalue weighted by Gasteiger charge is 2.17. The van der Waals surface area contributed by atoms with E-state index in [1.807, 2.05) is 4.57 Å². The number of methoxy groups -OCH3 is 1. The van der Waals surface area contributed by atoms with Crippen molar-refractivity contribution < 1.29 is 9.47 Å². The average Bonchev–Trinajstić information content (AvgIpc) is 2.64. The lowest BCUT2D eigenvalue weighted by Crippen LogP contribution is -2.36. The second-order valence-corrected chi connectivity index (χ2v) is 5.02. The summed E-state index contributed by atoms with van der Waals surface area (Å²) in [4.78, 5) is 2.91. The zero-order valence-corrected chi connectivity index (χ0v) is 11.2. The number of hydrogen-bond acceptors (Lipinski definition) is 5. The van der Waals surface area contributed by atoms with Crippen molar-refractivity contribution in [3.63, 3.8) is 0 Å². The first-order valence-corrected chi connectivity index (χ1v) is 6.62. The molecule has 6 heteroatoms. The molecule has 0 amide bonds. The number of morpholine rings is 1.